The third-order valence-corrected chi connectivity index (χ3v) is 3.99. The molecule has 132 valence electrons. The quantitative estimate of drug-likeness (QED) is 0.730. The first kappa shape index (κ1) is 18.6. The Kier molecular flexibility index (Phi) is 5.88. The van der Waals surface area contributed by atoms with Gasteiger partial charge in [-0.1, -0.05) is 12.1 Å². The number of anilines is 1. The molecule has 1 heterocycles. The van der Waals surface area contributed by atoms with Crippen molar-refractivity contribution in [3.05, 3.63) is 58.0 Å². The Bertz CT molecular complexity index is 923. The number of aromatic amines is 1. The van der Waals surface area contributed by atoms with E-state index in [-0.39, 0.29) is 18.0 Å². The fraction of sp³-hybridized carbons (Fsp3) is 0.222. The first-order valence-electron chi connectivity index (χ1n) is 7.56. The minimum atomic E-state index is -0.250. The fourth-order valence-electron chi connectivity index (χ4n) is 2.66. The number of aromatic nitrogens is 2. The van der Waals surface area contributed by atoms with Crippen LogP contribution in [0, 0.1) is 0 Å². The van der Waals surface area contributed by atoms with E-state index in [4.69, 9.17) is 9.47 Å². The lowest BCUT2D eigenvalue weighted by Crippen LogP contribution is -2.12. The van der Waals surface area contributed by atoms with Crippen LogP contribution in [0.5, 0.6) is 11.5 Å². The molecule has 0 fully saturated rings. The van der Waals surface area contributed by atoms with Gasteiger partial charge >= 0.3 is 0 Å². The topological polar surface area (TPSA) is 76.2 Å². The van der Waals surface area contributed by atoms with Gasteiger partial charge in [-0.25, -0.2) is 5.10 Å². The molecule has 0 amide bonds. The van der Waals surface area contributed by atoms with E-state index in [0.29, 0.717) is 23.3 Å². The largest absolute Gasteiger partial charge is 0.493 e. The molecular formula is C18H20ClN3O3. The van der Waals surface area contributed by atoms with Crippen molar-refractivity contribution in [2.45, 2.75) is 6.42 Å². The average molecular weight is 362 g/mol. The summed E-state index contributed by atoms with van der Waals surface area (Å²) in [5.41, 5.74) is 2.68. The molecule has 7 heteroatoms. The number of hydrogen-bond acceptors (Lipinski definition) is 5. The lowest BCUT2D eigenvalue weighted by Gasteiger charge is -2.11. The van der Waals surface area contributed by atoms with Crippen molar-refractivity contribution in [1.29, 1.82) is 0 Å². The van der Waals surface area contributed by atoms with Gasteiger partial charge in [0.25, 0.3) is 5.56 Å². The number of methoxy groups -OCH3 is 2. The number of hydrogen-bond donors (Lipinski definition) is 2. The van der Waals surface area contributed by atoms with Gasteiger partial charge in [-0.05, 0) is 29.8 Å². The van der Waals surface area contributed by atoms with Crippen LogP contribution in [0.2, 0.25) is 0 Å². The van der Waals surface area contributed by atoms with Gasteiger partial charge < -0.3 is 14.8 Å². The van der Waals surface area contributed by atoms with Crippen molar-refractivity contribution in [2.24, 2.45) is 0 Å². The van der Waals surface area contributed by atoms with Gasteiger partial charge in [-0.3, -0.25) is 4.79 Å². The third-order valence-electron chi connectivity index (χ3n) is 3.99. The lowest BCUT2D eigenvalue weighted by molar-refractivity contribution is 0.356. The van der Waals surface area contributed by atoms with E-state index in [1.54, 1.807) is 26.4 Å². The molecule has 3 rings (SSSR count). The van der Waals surface area contributed by atoms with Crippen LogP contribution in [0.1, 0.15) is 11.3 Å². The van der Waals surface area contributed by atoms with Crippen molar-refractivity contribution in [3.8, 4) is 11.5 Å². The zero-order chi connectivity index (χ0) is 17.1. The monoisotopic (exact) mass is 361 g/mol. The van der Waals surface area contributed by atoms with Gasteiger partial charge in [0.05, 0.1) is 25.3 Å². The van der Waals surface area contributed by atoms with Gasteiger partial charge in [0.15, 0.2) is 11.5 Å². The molecule has 0 saturated heterocycles. The van der Waals surface area contributed by atoms with E-state index in [1.807, 2.05) is 31.3 Å². The standard InChI is InChI=1S/C18H19N3O3.ClH/c1-19-12-6-4-11(5-7-12)8-15-13-9-16(23-2)17(24-3)10-14(13)18(22)21-20-15;/h4-7,9-10,19H,8H2,1-3H3,(H,21,22);1H. The van der Waals surface area contributed by atoms with Crippen molar-refractivity contribution in [2.75, 3.05) is 26.6 Å². The van der Waals surface area contributed by atoms with E-state index >= 15 is 0 Å². The molecule has 25 heavy (non-hydrogen) atoms. The highest BCUT2D eigenvalue weighted by molar-refractivity contribution is 5.87. The normalized spacial score (nSPS) is 10.2. The number of nitrogens with zero attached hydrogens (tertiary/aromatic N) is 1. The molecule has 0 saturated carbocycles. The molecule has 3 aromatic rings. The second-order valence-corrected chi connectivity index (χ2v) is 5.38. The van der Waals surface area contributed by atoms with Crippen LogP contribution in [0.25, 0.3) is 10.8 Å². The van der Waals surface area contributed by atoms with E-state index in [9.17, 15) is 4.79 Å². The van der Waals surface area contributed by atoms with Gasteiger partial charge in [0.1, 0.15) is 0 Å². The Morgan fingerprint density at radius 1 is 1.04 bits per heavy atom. The van der Waals surface area contributed by atoms with Crippen molar-refractivity contribution < 1.29 is 9.47 Å². The van der Waals surface area contributed by atoms with Crippen molar-refractivity contribution >= 4 is 28.9 Å². The molecule has 0 aliphatic rings. The van der Waals surface area contributed by atoms with Crippen LogP contribution in [0.15, 0.2) is 41.2 Å². The second-order valence-electron chi connectivity index (χ2n) is 5.38. The number of halogens is 1. The summed E-state index contributed by atoms with van der Waals surface area (Å²) in [6.45, 7) is 0. The Morgan fingerprint density at radius 3 is 2.20 bits per heavy atom. The zero-order valence-electron chi connectivity index (χ0n) is 14.3. The fourth-order valence-corrected chi connectivity index (χ4v) is 2.66. The highest BCUT2D eigenvalue weighted by Crippen LogP contribution is 2.32. The summed E-state index contributed by atoms with van der Waals surface area (Å²) in [7, 11) is 5.00. The highest BCUT2D eigenvalue weighted by atomic mass is 35.5. The summed E-state index contributed by atoms with van der Waals surface area (Å²) in [5.74, 6) is 1.09. The maximum Gasteiger partial charge on any atom is 0.272 e. The summed E-state index contributed by atoms with van der Waals surface area (Å²) in [6, 6.07) is 11.6. The second kappa shape index (κ2) is 7.90. The molecule has 0 unspecified atom stereocenters. The van der Waals surface area contributed by atoms with Crippen LogP contribution in [-0.4, -0.2) is 31.5 Å². The number of rotatable bonds is 5. The number of nitrogens with one attached hydrogen (secondary N) is 2. The van der Waals surface area contributed by atoms with Crippen LogP contribution >= 0.6 is 12.4 Å². The Hall–Kier alpha value is -2.73. The summed E-state index contributed by atoms with van der Waals surface area (Å²) < 4.78 is 10.6. The molecule has 0 spiro atoms. The van der Waals surface area contributed by atoms with Crippen molar-refractivity contribution in [1.82, 2.24) is 10.2 Å². The molecular weight excluding hydrogens is 342 g/mol. The Balaban J connectivity index is 0.00000225. The van der Waals surface area contributed by atoms with E-state index < -0.39 is 0 Å². The Labute approximate surface area is 151 Å². The number of H-pyrrole nitrogens is 1. The smallest absolute Gasteiger partial charge is 0.272 e. The van der Waals surface area contributed by atoms with E-state index in [0.717, 1.165) is 22.3 Å². The van der Waals surface area contributed by atoms with Crippen LogP contribution in [0.4, 0.5) is 5.69 Å². The predicted molar refractivity (Wildman–Crippen MR) is 102 cm³/mol. The van der Waals surface area contributed by atoms with Gasteiger partial charge in [-0.15, -0.1) is 12.4 Å². The molecule has 0 aliphatic carbocycles. The zero-order valence-corrected chi connectivity index (χ0v) is 15.1. The summed E-state index contributed by atoms with van der Waals surface area (Å²) in [6.07, 6.45) is 0.604. The molecule has 0 atom stereocenters. The van der Waals surface area contributed by atoms with E-state index in [2.05, 4.69) is 15.5 Å². The van der Waals surface area contributed by atoms with Gasteiger partial charge in [0, 0.05) is 24.5 Å². The maximum absolute atomic E-state index is 12.1. The first-order valence-corrected chi connectivity index (χ1v) is 7.56. The van der Waals surface area contributed by atoms with Crippen LogP contribution < -0.4 is 20.3 Å². The lowest BCUT2D eigenvalue weighted by atomic mass is 10.0. The predicted octanol–water partition coefficient (Wildman–Crippen LogP) is 2.99. The SMILES string of the molecule is CNc1ccc(Cc2n[nH]c(=O)c3cc(OC)c(OC)cc23)cc1.Cl. The summed E-state index contributed by atoms with van der Waals surface area (Å²) in [4.78, 5) is 12.1. The molecule has 0 bridgehead atoms. The minimum absolute atomic E-state index is 0. The third kappa shape index (κ3) is 3.69. The molecule has 2 N–H and O–H groups in total. The maximum atomic E-state index is 12.1. The van der Waals surface area contributed by atoms with Crippen molar-refractivity contribution in [3.63, 3.8) is 0 Å². The van der Waals surface area contributed by atoms with Crippen LogP contribution in [-0.2, 0) is 6.42 Å². The first-order chi connectivity index (χ1) is 11.7. The summed E-state index contributed by atoms with van der Waals surface area (Å²) in [5, 5.41) is 11.2. The highest BCUT2D eigenvalue weighted by Gasteiger charge is 2.13. The van der Waals surface area contributed by atoms with E-state index in [1.165, 1.54) is 0 Å². The Morgan fingerprint density at radius 2 is 1.64 bits per heavy atom. The average Bonchev–Trinajstić information content (AvgIpc) is 2.63. The molecule has 0 aliphatic heterocycles. The van der Waals surface area contributed by atoms with Crippen LogP contribution in [0.3, 0.4) is 0 Å². The van der Waals surface area contributed by atoms with Gasteiger partial charge in [0.2, 0.25) is 0 Å². The van der Waals surface area contributed by atoms with Gasteiger partial charge in [-0.2, -0.15) is 5.10 Å². The number of benzene rings is 2. The molecule has 1 aromatic heterocycles. The molecule has 0 radical (unpaired) electrons. The number of fused-ring (bicyclic) bond motifs is 1. The molecule has 2 aromatic carbocycles. The summed E-state index contributed by atoms with van der Waals surface area (Å²) >= 11 is 0. The number of ether oxygens (including phenoxy) is 2. The minimum Gasteiger partial charge on any atom is -0.493 e. The molecule has 6 nitrogen and oxygen atoms in total.